The van der Waals surface area contributed by atoms with Gasteiger partial charge in [0.1, 0.15) is 11.5 Å². The van der Waals surface area contributed by atoms with E-state index < -0.39 is 0 Å². The highest BCUT2D eigenvalue weighted by Gasteiger charge is 2.09. The summed E-state index contributed by atoms with van der Waals surface area (Å²) in [6, 6.07) is 17.7. The van der Waals surface area contributed by atoms with E-state index >= 15 is 0 Å². The first-order chi connectivity index (χ1) is 11.3. The summed E-state index contributed by atoms with van der Waals surface area (Å²) < 4.78 is 5.79. The van der Waals surface area contributed by atoms with Crippen molar-refractivity contribution in [2.75, 3.05) is 25.6 Å². The van der Waals surface area contributed by atoms with E-state index in [0.717, 1.165) is 43.1 Å². The number of rotatable bonds is 4. The molecule has 1 heterocycles. The minimum Gasteiger partial charge on any atom is -0.457 e. The van der Waals surface area contributed by atoms with Crippen molar-refractivity contribution in [3.8, 4) is 11.5 Å². The van der Waals surface area contributed by atoms with E-state index in [1.165, 1.54) is 12.1 Å². The van der Waals surface area contributed by atoms with Crippen LogP contribution in [0.3, 0.4) is 0 Å². The fraction of sp³-hybridized carbons (Fsp3) is 0.316. The summed E-state index contributed by atoms with van der Waals surface area (Å²) in [6.07, 6.45) is 3.30. The van der Waals surface area contributed by atoms with Gasteiger partial charge < -0.3 is 9.64 Å². The van der Waals surface area contributed by atoms with Gasteiger partial charge in [0.05, 0.1) is 5.69 Å². The lowest BCUT2D eigenvalue weighted by Gasteiger charge is -2.10. The fourth-order valence-electron chi connectivity index (χ4n) is 2.59. The molecule has 1 aliphatic heterocycles. The molecule has 0 aromatic heterocycles. The SMILES string of the molecule is CN1CCC/C(=N\Nc2ccc(Oc3ccccc3)cc2)CC1. The van der Waals surface area contributed by atoms with Crippen LogP contribution in [-0.4, -0.2) is 30.7 Å². The number of likely N-dealkylation sites (tertiary alicyclic amines) is 1. The Hall–Kier alpha value is -2.33. The average Bonchev–Trinajstić information content (AvgIpc) is 2.80. The van der Waals surface area contributed by atoms with Crippen molar-refractivity contribution in [3.63, 3.8) is 0 Å². The molecule has 0 radical (unpaired) electrons. The van der Waals surface area contributed by atoms with Gasteiger partial charge >= 0.3 is 0 Å². The largest absolute Gasteiger partial charge is 0.457 e. The Bertz CT molecular complexity index is 637. The summed E-state index contributed by atoms with van der Waals surface area (Å²) in [5, 5.41) is 4.56. The molecule has 1 fully saturated rings. The molecular formula is C19H23N3O. The zero-order valence-corrected chi connectivity index (χ0v) is 13.5. The fourth-order valence-corrected chi connectivity index (χ4v) is 2.59. The minimum absolute atomic E-state index is 0.825. The van der Waals surface area contributed by atoms with E-state index in [-0.39, 0.29) is 0 Å². The first-order valence-corrected chi connectivity index (χ1v) is 8.12. The topological polar surface area (TPSA) is 36.9 Å². The van der Waals surface area contributed by atoms with Crippen molar-refractivity contribution < 1.29 is 4.74 Å². The van der Waals surface area contributed by atoms with E-state index in [2.05, 4.69) is 22.5 Å². The maximum absolute atomic E-state index is 5.79. The van der Waals surface area contributed by atoms with E-state index in [1.807, 2.05) is 54.6 Å². The second-order valence-corrected chi connectivity index (χ2v) is 5.89. The number of benzene rings is 2. The first-order valence-electron chi connectivity index (χ1n) is 8.12. The van der Waals surface area contributed by atoms with Gasteiger partial charge in [0.2, 0.25) is 0 Å². The monoisotopic (exact) mass is 309 g/mol. The van der Waals surface area contributed by atoms with Gasteiger partial charge in [-0.15, -0.1) is 0 Å². The lowest BCUT2D eigenvalue weighted by molar-refractivity contribution is 0.352. The van der Waals surface area contributed by atoms with Crippen molar-refractivity contribution in [1.82, 2.24) is 4.90 Å². The quantitative estimate of drug-likeness (QED) is 0.852. The van der Waals surface area contributed by atoms with Crippen molar-refractivity contribution in [1.29, 1.82) is 0 Å². The van der Waals surface area contributed by atoms with Crippen LogP contribution in [-0.2, 0) is 0 Å². The number of hydrogen-bond donors (Lipinski definition) is 1. The number of hydrazone groups is 1. The molecule has 1 N–H and O–H groups in total. The van der Waals surface area contributed by atoms with Crippen molar-refractivity contribution >= 4 is 11.4 Å². The molecule has 23 heavy (non-hydrogen) atoms. The molecule has 0 aliphatic carbocycles. The molecule has 1 aliphatic rings. The zero-order chi connectivity index (χ0) is 15.9. The molecule has 0 amide bonds. The molecule has 3 rings (SSSR count). The minimum atomic E-state index is 0.825. The number of para-hydroxylation sites is 1. The van der Waals surface area contributed by atoms with Crippen LogP contribution in [0.5, 0.6) is 11.5 Å². The van der Waals surface area contributed by atoms with Crippen molar-refractivity contribution in [2.45, 2.75) is 19.3 Å². The highest BCUT2D eigenvalue weighted by atomic mass is 16.5. The maximum atomic E-state index is 5.79. The highest BCUT2D eigenvalue weighted by Crippen LogP contribution is 2.22. The van der Waals surface area contributed by atoms with Crippen LogP contribution in [0.2, 0.25) is 0 Å². The summed E-state index contributed by atoms with van der Waals surface area (Å²) in [5.41, 5.74) is 5.39. The highest BCUT2D eigenvalue weighted by molar-refractivity contribution is 5.85. The molecule has 120 valence electrons. The molecule has 4 heteroatoms. The molecule has 2 aromatic rings. The maximum Gasteiger partial charge on any atom is 0.127 e. The summed E-state index contributed by atoms with van der Waals surface area (Å²) in [7, 11) is 2.17. The normalized spacial score (nSPS) is 17.7. The molecular weight excluding hydrogens is 286 g/mol. The van der Waals surface area contributed by atoms with Gasteiger partial charge in [0.25, 0.3) is 0 Å². The van der Waals surface area contributed by atoms with Crippen molar-refractivity contribution in [3.05, 3.63) is 54.6 Å². The van der Waals surface area contributed by atoms with E-state index in [0.29, 0.717) is 0 Å². The van der Waals surface area contributed by atoms with Crippen LogP contribution in [0.1, 0.15) is 19.3 Å². The van der Waals surface area contributed by atoms with Crippen LogP contribution >= 0.6 is 0 Å². The Kier molecular flexibility index (Phi) is 5.27. The zero-order valence-electron chi connectivity index (χ0n) is 13.5. The van der Waals surface area contributed by atoms with Gasteiger partial charge in [-0.25, -0.2) is 0 Å². The Morgan fingerprint density at radius 3 is 2.43 bits per heavy atom. The molecule has 0 spiro atoms. The lowest BCUT2D eigenvalue weighted by Crippen LogP contribution is -2.18. The molecule has 2 aromatic carbocycles. The second kappa shape index (κ2) is 7.79. The van der Waals surface area contributed by atoms with Crippen LogP contribution < -0.4 is 10.2 Å². The third kappa shape index (κ3) is 4.83. The van der Waals surface area contributed by atoms with Gasteiger partial charge in [-0.05, 0) is 62.8 Å². The van der Waals surface area contributed by atoms with Crippen LogP contribution in [0, 0.1) is 0 Å². The third-order valence-electron chi connectivity index (χ3n) is 3.96. The summed E-state index contributed by atoms with van der Waals surface area (Å²) >= 11 is 0. The average molecular weight is 309 g/mol. The third-order valence-corrected chi connectivity index (χ3v) is 3.96. The molecule has 0 atom stereocenters. The van der Waals surface area contributed by atoms with E-state index in [4.69, 9.17) is 4.74 Å². The number of nitrogens with zero attached hydrogens (tertiary/aromatic N) is 2. The van der Waals surface area contributed by atoms with Crippen LogP contribution in [0.15, 0.2) is 59.7 Å². The second-order valence-electron chi connectivity index (χ2n) is 5.89. The molecule has 0 saturated carbocycles. The Labute approximate surface area is 137 Å². The van der Waals surface area contributed by atoms with Gasteiger partial charge in [0.15, 0.2) is 0 Å². The van der Waals surface area contributed by atoms with Crippen LogP contribution in [0.4, 0.5) is 5.69 Å². The number of nitrogens with one attached hydrogen (secondary N) is 1. The Morgan fingerprint density at radius 2 is 1.65 bits per heavy atom. The Balaban J connectivity index is 1.57. The Morgan fingerprint density at radius 1 is 0.913 bits per heavy atom. The van der Waals surface area contributed by atoms with E-state index in [9.17, 15) is 0 Å². The molecule has 4 nitrogen and oxygen atoms in total. The molecule has 0 unspecified atom stereocenters. The smallest absolute Gasteiger partial charge is 0.127 e. The lowest BCUT2D eigenvalue weighted by atomic mass is 10.2. The standard InChI is InChI=1S/C19H23N3O/c1-22-14-5-6-16(13-15-22)20-21-17-9-11-19(12-10-17)23-18-7-3-2-4-8-18/h2-4,7-12,21H,5-6,13-15H2,1H3/b20-16+. The van der Waals surface area contributed by atoms with E-state index in [1.54, 1.807) is 0 Å². The summed E-state index contributed by atoms with van der Waals surface area (Å²) in [5.74, 6) is 1.67. The summed E-state index contributed by atoms with van der Waals surface area (Å²) in [6.45, 7) is 2.24. The number of ether oxygens (including phenoxy) is 1. The van der Waals surface area contributed by atoms with Crippen molar-refractivity contribution in [2.24, 2.45) is 5.10 Å². The van der Waals surface area contributed by atoms with Gasteiger partial charge in [-0.2, -0.15) is 5.10 Å². The molecule has 0 bridgehead atoms. The van der Waals surface area contributed by atoms with Crippen LogP contribution in [0.25, 0.3) is 0 Å². The predicted molar refractivity (Wildman–Crippen MR) is 95.4 cm³/mol. The number of anilines is 1. The first kappa shape index (κ1) is 15.6. The predicted octanol–water partition coefficient (Wildman–Crippen LogP) is 4.36. The summed E-state index contributed by atoms with van der Waals surface area (Å²) in [4.78, 5) is 2.36. The van der Waals surface area contributed by atoms with Gasteiger partial charge in [-0.1, -0.05) is 18.2 Å². The van der Waals surface area contributed by atoms with Gasteiger partial charge in [0, 0.05) is 18.7 Å². The van der Waals surface area contributed by atoms with Gasteiger partial charge in [-0.3, -0.25) is 5.43 Å². The number of hydrogen-bond acceptors (Lipinski definition) is 4. The molecule has 1 saturated heterocycles.